The maximum atomic E-state index is 12.4. The Labute approximate surface area is 135 Å². The summed E-state index contributed by atoms with van der Waals surface area (Å²) in [5, 5.41) is 3.08. The second-order valence-corrected chi connectivity index (χ2v) is 5.13. The van der Waals surface area contributed by atoms with Crippen molar-refractivity contribution in [1.82, 2.24) is 5.32 Å². The Bertz CT molecular complexity index is 615. The smallest absolute Gasteiger partial charge is 0.336 e. The monoisotopic (exact) mass is 319 g/mol. The summed E-state index contributed by atoms with van der Waals surface area (Å²) in [6.45, 7) is 7.56. The second kappa shape index (κ2) is 7.17. The lowest BCUT2D eigenvalue weighted by atomic mass is 9.81. The Kier molecular flexibility index (Phi) is 5.26. The summed E-state index contributed by atoms with van der Waals surface area (Å²) >= 11 is 0. The summed E-state index contributed by atoms with van der Waals surface area (Å²) in [7, 11) is 0. The Morgan fingerprint density at radius 3 is 2.00 bits per heavy atom. The van der Waals surface area contributed by atoms with E-state index in [1.165, 1.54) is 12.5 Å². The minimum Gasteiger partial charge on any atom is -0.472 e. The van der Waals surface area contributed by atoms with Crippen LogP contribution in [0.15, 0.2) is 45.6 Å². The second-order valence-electron chi connectivity index (χ2n) is 5.13. The van der Waals surface area contributed by atoms with E-state index < -0.39 is 17.9 Å². The summed E-state index contributed by atoms with van der Waals surface area (Å²) < 4.78 is 15.5. The highest BCUT2D eigenvalue weighted by molar-refractivity contribution is 5.99. The van der Waals surface area contributed by atoms with Crippen molar-refractivity contribution in [3.8, 4) is 0 Å². The summed E-state index contributed by atoms with van der Waals surface area (Å²) in [5.41, 5.74) is 2.79. The summed E-state index contributed by atoms with van der Waals surface area (Å²) in [6.07, 6.45) is 3.03. The third-order valence-electron chi connectivity index (χ3n) is 3.63. The van der Waals surface area contributed by atoms with E-state index in [0.717, 1.165) is 0 Å². The first kappa shape index (κ1) is 16.9. The molecule has 0 radical (unpaired) electrons. The molecule has 0 spiro atoms. The van der Waals surface area contributed by atoms with Crippen LogP contribution in [0.1, 0.15) is 39.2 Å². The van der Waals surface area contributed by atoms with Crippen LogP contribution in [0.2, 0.25) is 0 Å². The first-order valence-electron chi connectivity index (χ1n) is 7.56. The predicted molar refractivity (Wildman–Crippen MR) is 83.3 cm³/mol. The summed E-state index contributed by atoms with van der Waals surface area (Å²) in [4.78, 5) is 24.8. The van der Waals surface area contributed by atoms with Crippen LogP contribution in [-0.2, 0) is 19.1 Å². The van der Waals surface area contributed by atoms with E-state index in [9.17, 15) is 9.59 Å². The van der Waals surface area contributed by atoms with Gasteiger partial charge in [0.1, 0.15) is 0 Å². The van der Waals surface area contributed by atoms with Gasteiger partial charge in [0.05, 0.1) is 42.8 Å². The van der Waals surface area contributed by atoms with Crippen molar-refractivity contribution in [3.05, 3.63) is 46.7 Å². The number of allylic oxidation sites excluding steroid dienone is 2. The van der Waals surface area contributed by atoms with Crippen molar-refractivity contribution in [2.75, 3.05) is 13.2 Å². The molecule has 124 valence electrons. The number of ether oxygens (including phenoxy) is 2. The number of furan rings is 1. The molecule has 1 N–H and O–H groups in total. The quantitative estimate of drug-likeness (QED) is 0.841. The number of hydrogen-bond acceptors (Lipinski definition) is 6. The number of carbonyl (C=O) groups excluding carboxylic acids is 2. The first-order valence-corrected chi connectivity index (χ1v) is 7.56. The highest BCUT2D eigenvalue weighted by Crippen LogP contribution is 2.39. The fraction of sp³-hybridized carbons (Fsp3) is 0.412. The molecule has 2 rings (SSSR count). The van der Waals surface area contributed by atoms with Crippen molar-refractivity contribution >= 4 is 11.9 Å². The van der Waals surface area contributed by atoms with Crippen molar-refractivity contribution in [2.24, 2.45) is 0 Å². The Morgan fingerprint density at radius 1 is 1.09 bits per heavy atom. The molecule has 1 aliphatic rings. The number of carbonyl (C=O) groups is 2. The Morgan fingerprint density at radius 2 is 1.61 bits per heavy atom. The van der Waals surface area contributed by atoms with Gasteiger partial charge in [0, 0.05) is 17.0 Å². The molecule has 0 bridgehead atoms. The third kappa shape index (κ3) is 3.31. The van der Waals surface area contributed by atoms with Crippen LogP contribution in [0.25, 0.3) is 0 Å². The molecule has 0 fully saturated rings. The Hall–Kier alpha value is -2.50. The standard InChI is InChI=1S/C17H21NO5/c1-5-22-16(19)13-10(3)18-11(4)14(17(20)23-6-2)15(13)12-7-8-21-9-12/h7-9,15,18H,5-6H2,1-4H3. The molecule has 6 heteroatoms. The summed E-state index contributed by atoms with van der Waals surface area (Å²) in [5.74, 6) is -1.50. The third-order valence-corrected chi connectivity index (χ3v) is 3.63. The minimum absolute atomic E-state index is 0.255. The normalized spacial score (nSPS) is 15.5. The molecule has 2 heterocycles. The van der Waals surface area contributed by atoms with Crippen LogP contribution in [0.5, 0.6) is 0 Å². The maximum Gasteiger partial charge on any atom is 0.336 e. The molecule has 1 aromatic rings. The number of nitrogens with one attached hydrogen (secondary N) is 1. The lowest BCUT2D eigenvalue weighted by Crippen LogP contribution is -2.32. The van der Waals surface area contributed by atoms with Gasteiger partial charge >= 0.3 is 11.9 Å². The van der Waals surface area contributed by atoms with Gasteiger partial charge in [-0.05, 0) is 33.8 Å². The molecule has 1 aliphatic heterocycles. The fourth-order valence-corrected chi connectivity index (χ4v) is 2.73. The maximum absolute atomic E-state index is 12.4. The number of esters is 2. The number of dihydropyridines is 1. The van der Waals surface area contributed by atoms with Gasteiger partial charge in [-0.25, -0.2) is 9.59 Å². The zero-order chi connectivity index (χ0) is 17.0. The number of rotatable bonds is 5. The van der Waals surface area contributed by atoms with Crippen molar-refractivity contribution in [3.63, 3.8) is 0 Å². The van der Waals surface area contributed by atoms with Gasteiger partial charge in [0.2, 0.25) is 0 Å². The van der Waals surface area contributed by atoms with Crippen LogP contribution in [0.4, 0.5) is 0 Å². The van der Waals surface area contributed by atoms with Gasteiger partial charge in [0.25, 0.3) is 0 Å². The molecule has 0 aliphatic carbocycles. The molecular weight excluding hydrogens is 298 g/mol. The molecule has 0 unspecified atom stereocenters. The minimum atomic E-state index is -0.576. The van der Waals surface area contributed by atoms with Gasteiger partial charge in [-0.3, -0.25) is 0 Å². The summed E-state index contributed by atoms with van der Waals surface area (Å²) in [6, 6.07) is 1.73. The van der Waals surface area contributed by atoms with Crippen LogP contribution in [0.3, 0.4) is 0 Å². The topological polar surface area (TPSA) is 77.8 Å². The molecular formula is C17H21NO5. The van der Waals surface area contributed by atoms with Gasteiger partial charge in [-0.1, -0.05) is 0 Å². The molecule has 1 aromatic heterocycles. The zero-order valence-corrected chi connectivity index (χ0v) is 13.8. The number of hydrogen-bond donors (Lipinski definition) is 1. The van der Waals surface area contributed by atoms with E-state index in [-0.39, 0.29) is 13.2 Å². The molecule has 0 atom stereocenters. The SMILES string of the molecule is CCOC(=O)C1=C(C)NC(C)=C(C(=O)OCC)C1c1ccoc1. The van der Waals surface area contributed by atoms with Crippen LogP contribution < -0.4 is 5.32 Å². The van der Waals surface area contributed by atoms with Crippen molar-refractivity contribution in [2.45, 2.75) is 33.6 Å². The van der Waals surface area contributed by atoms with Crippen molar-refractivity contribution < 1.29 is 23.5 Å². The Balaban J connectivity index is 2.55. The first-order chi connectivity index (χ1) is 11.0. The highest BCUT2D eigenvalue weighted by Gasteiger charge is 2.38. The fourth-order valence-electron chi connectivity index (χ4n) is 2.73. The average molecular weight is 319 g/mol. The predicted octanol–water partition coefficient (Wildman–Crippen LogP) is 2.64. The van der Waals surface area contributed by atoms with Gasteiger partial charge in [-0.15, -0.1) is 0 Å². The molecule has 23 heavy (non-hydrogen) atoms. The molecule has 0 saturated carbocycles. The van der Waals surface area contributed by atoms with E-state index in [1.54, 1.807) is 33.8 Å². The molecule has 0 saturated heterocycles. The van der Waals surface area contributed by atoms with Crippen LogP contribution in [-0.4, -0.2) is 25.2 Å². The highest BCUT2D eigenvalue weighted by atomic mass is 16.5. The van der Waals surface area contributed by atoms with Gasteiger partial charge in [-0.2, -0.15) is 0 Å². The molecule has 0 aromatic carbocycles. The average Bonchev–Trinajstić information content (AvgIpc) is 3.00. The van der Waals surface area contributed by atoms with E-state index >= 15 is 0 Å². The van der Waals surface area contributed by atoms with Crippen molar-refractivity contribution in [1.29, 1.82) is 0 Å². The van der Waals surface area contributed by atoms with E-state index in [2.05, 4.69) is 5.32 Å². The largest absolute Gasteiger partial charge is 0.472 e. The molecule has 0 amide bonds. The molecule has 6 nitrogen and oxygen atoms in total. The van der Waals surface area contributed by atoms with E-state index in [1.807, 2.05) is 0 Å². The van der Waals surface area contributed by atoms with Gasteiger partial charge < -0.3 is 19.2 Å². The van der Waals surface area contributed by atoms with E-state index in [4.69, 9.17) is 13.9 Å². The van der Waals surface area contributed by atoms with Crippen LogP contribution in [0, 0.1) is 0 Å². The van der Waals surface area contributed by atoms with E-state index in [0.29, 0.717) is 28.1 Å². The lowest BCUT2D eigenvalue weighted by molar-refractivity contribution is -0.139. The van der Waals surface area contributed by atoms with Crippen LogP contribution >= 0.6 is 0 Å². The van der Waals surface area contributed by atoms with Gasteiger partial charge in [0.15, 0.2) is 0 Å². The lowest BCUT2D eigenvalue weighted by Gasteiger charge is -2.29. The zero-order valence-electron chi connectivity index (χ0n) is 13.8.